The summed E-state index contributed by atoms with van der Waals surface area (Å²) in [6.07, 6.45) is 7.97. The van der Waals surface area contributed by atoms with Crippen LogP contribution in [0, 0.1) is 6.92 Å². The van der Waals surface area contributed by atoms with Gasteiger partial charge in [-0.15, -0.1) is 0 Å². The van der Waals surface area contributed by atoms with Crippen LogP contribution in [0.25, 0.3) is 0 Å². The molecule has 1 amide bonds. The summed E-state index contributed by atoms with van der Waals surface area (Å²) in [4.78, 5) is 23.8. The second-order valence-electron chi connectivity index (χ2n) is 5.35. The van der Waals surface area contributed by atoms with Crippen molar-refractivity contribution in [1.82, 2.24) is 20.3 Å². The van der Waals surface area contributed by atoms with E-state index in [0.29, 0.717) is 19.6 Å². The van der Waals surface area contributed by atoms with Gasteiger partial charge in [0.25, 0.3) is 0 Å². The molecule has 1 unspecified atom stereocenters. The highest BCUT2D eigenvalue weighted by atomic mass is 16.5. The van der Waals surface area contributed by atoms with Gasteiger partial charge in [0.2, 0.25) is 5.91 Å². The van der Waals surface area contributed by atoms with E-state index in [9.17, 15) is 4.79 Å². The highest BCUT2D eigenvalue weighted by molar-refractivity contribution is 5.79. The normalized spacial score (nSPS) is 21.4. The molecule has 0 aromatic carbocycles. The number of nitrogens with one attached hydrogen (secondary N) is 2. The Labute approximate surface area is 123 Å². The molecule has 0 spiro atoms. The third kappa shape index (κ3) is 2.80. The molecule has 0 saturated carbocycles. The van der Waals surface area contributed by atoms with Gasteiger partial charge < -0.3 is 15.0 Å². The number of carbonyl (C=O) groups excluding carboxylic acids is 1. The van der Waals surface area contributed by atoms with Gasteiger partial charge in [-0.2, -0.15) is 0 Å². The molecule has 3 heterocycles. The number of ether oxygens (including phenoxy) is 1. The van der Waals surface area contributed by atoms with Gasteiger partial charge in [-0.05, 0) is 24.1 Å². The molecule has 0 bridgehead atoms. The number of hydrogen-bond donors (Lipinski definition) is 2. The largest absolute Gasteiger partial charge is 0.378 e. The minimum Gasteiger partial charge on any atom is -0.378 e. The fraction of sp³-hybridized carbons (Fsp3) is 0.400. The molecule has 110 valence electrons. The van der Waals surface area contributed by atoms with Gasteiger partial charge >= 0.3 is 0 Å². The maximum Gasteiger partial charge on any atom is 0.225 e. The van der Waals surface area contributed by atoms with Gasteiger partial charge in [0.15, 0.2) is 0 Å². The van der Waals surface area contributed by atoms with E-state index in [1.165, 1.54) is 0 Å². The number of hydrogen-bond acceptors (Lipinski definition) is 4. The number of carbonyl (C=O) groups is 1. The summed E-state index contributed by atoms with van der Waals surface area (Å²) in [5.41, 5.74) is 1.46. The molecule has 6 heteroatoms. The molecule has 3 rings (SSSR count). The first-order valence-corrected chi connectivity index (χ1v) is 6.98. The van der Waals surface area contributed by atoms with E-state index in [1.807, 2.05) is 13.0 Å². The Bertz CT molecular complexity index is 618. The van der Waals surface area contributed by atoms with Crippen molar-refractivity contribution < 1.29 is 9.53 Å². The Hall–Kier alpha value is -2.21. The summed E-state index contributed by atoms with van der Waals surface area (Å²) < 4.78 is 5.47. The third-order valence-corrected chi connectivity index (χ3v) is 3.84. The first kappa shape index (κ1) is 13.8. The van der Waals surface area contributed by atoms with Crippen molar-refractivity contribution >= 4 is 5.91 Å². The standard InChI is InChI=1S/C15H18N4O2/c1-11-9-16-4-2-12(11)8-13(20)19-15(3-7-21-10-15)14-17-5-6-18-14/h2,4-6,9H,3,7-8,10H2,1H3,(H,17,18)(H,19,20). The Morgan fingerprint density at radius 2 is 2.43 bits per heavy atom. The number of aryl methyl sites for hydroxylation is 1. The zero-order valence-corrected chi connectivity index (χ0v) is 11.9. The van der Waals surface area contributed by atoms with Crippen molar-refractivity contribution in [3.8, 4) is 0 Å². The Balaban J connectivity index is 1.75. The average Bonchev–Trinajstić information content (AvgIpc) is 3.12. The monoisotopic (exact) mass is 286 g/mol. The van der Waals surface area contributed by atoms with Gasteiger partial charge in [0.05, 0.1) is 13.0 Å². The predicted octanol–water partition coefficient (Wildman–Crippen LogP) is 1.09. The van der Waals surface area contributed by atoms with Crippen molar-refractivity contribution in [3.05, 3.63) is 47.8 Å². The molecule has 2 N–H and O–H groups in total. The quantitative estimate of drug-likeness (QED) is 0.881. The van der Waals surface area contributed by atoms with Crippen LogP contribution in [0.15, 0.2) is 30.9 Å². The minimum absolute atomic E-state index is 0.0359. The zero-order chi connectivity index (χ0) is 14.7. The number of nitrogens with zero attached hydrogens (tertiary/aromatic N) is 2. The molecule has 1 fully saturated rings. The number of aromatic amines is 1. The van der Waals surface area contributed by atoms with Crippen molar-refractivity contribution in [1.29, 1.82) is 0 Å². The highest BCUT2D eigenvalue weighted by Gasteiger charge is 2.40. The lowest BCUT2D eigenvalue weighted by atomic mass is 9.97. The number of pyridine rings is 1. The van der Waals surface area contributed by atoms with Crippen LogP contribution in [-0.2, 0) is 21.5 Å². The maximum atomic E-state index is 12.4. The minimum atomic E-state index is -0.540. The molecule has 2 aromatic heterocycles. The third-order valence-electron chi connectivity index (χ3n) is 3.84. The van der Waals surface area contributed by atoms with Crippen molar-refractivity contribution in [2.75, 3.05) is 13.2 Å². The van der Waals surface area contributed by atoms with E-state index in [4.69, 9.17) is 4.74 Å². The van der Waals surface area contributed by atoms with E-state index in [0.717, 1.165) is 23.4 Å². The summed E-state index contributed by atoms with van der Waals surface area (Å²) in [5, 5.41) is 3.09. The molecule has 0 radical (unpaired) electrons. The van der Waals surface area contributed by atoms with Gasteiger partial charge in [-0.1, -0.05) is 0 Å². The number of amides is 1. The second-order valence-corrected chi connectivity index (χ2v) is 5.35. The Kier molecular flexibility index (Phi) is 3.70. The SMILES string of the molecule is Cc1cnccc1CC(=O)NC1(c2ncc[nH]2)CCOC1. The van der Waals surface area contributed by atoms with E-state index < -0.39 is 5.54 Å². The molecule has 2 aromatic rings. The summed E-state index contributed by atoms with van der Waals surface area (Å²) in [6.45, 7) is 3.02. The molecule has 6 nitrogen and oxygen atoms in total. The molecule has 0 aliphatic carbocycles. The number of rotatable bonds is 4. The molecule has 1 atom stereocenters. The van der Waals surface area contributed by atoms with Crippen LogP contribution in [0.3, 0.4) is 0 Å². The topological polar surface area (TPSA) is 79.9 Å². The van der Waals surface area contributed by atoms with E-state index in [-0.39, 0.29) is 5.91 Å². The lowest BCUT2D eigenvalue weighted by molar-refractivity contribution is -0.122. The predicted molar refractivity (Wildman–Crippen MR) is 76.5 cm³/mol. The van der Waals surface area contributed by atoms with Crippen LogP contribution in [0.1, 0.15) is 23.4 Å². The molecular formula is C15H18N4O2. The molecular weight excluding hydrogens is 268 g/mol. The average molecular weight is 286 g/mol. The summed E-state index contributed by atoms with van der Waals surface area (Å²) in [7, 11) is 0. The lowest BCUT2D eigenvalue weighted by Gasteiger charge is -2.26. The smallest absolute Gasteiger partial charge is 0.225 e. The van der Waals surface area contributed by atoms with Crippen LogP contribution < -0.4 is 5.32 Å². The van der Waals surface area contributed by atoms with Gasteiger partial charge in [0, 0.05) is 37.8 Å². The molecule has 21 heavy (non-hydrogen) atoms. The fourth-order valence-corrected chi connectivity index (χ4v) is 2.62. The number of imidazole rings is 1. The summed E-state index contributed by atoms with van der Waals surface area (Å²) in [6, 6.07) is 1.87. The van der Waals surface area contributed by atoms with E-state index in [2.05, 4.69) is 20.3 Å². The first-order chi connectivity index (χ1) is 10.2. The van der Waals surface area contributed by atoms with Crippen LogP contribution in [0.2, 0.25) is 0 Å². The molecule has 1 saturated heterocycles. The summed E-state index contributed by atoms with van der Waals surface area (Å²) >= 11 is 0. The van der Waals surface area contributed by atoms with Crippen molar-refractivity contribution in [2.45, 2.75) is 25.3 Å². The van der Waals surface area contributed by atoms with Crippen molar-refractivity contribution in [3.63, 3.8) is 0 Å². The Morgan fingerprint density at radius 3 is 3.10 bits per heavy atom. The highest BCUT2D eigenvalue weighted by Crippen LogP contribution is 2.28. The van der Waals surface area contributed by atoms with E-state index in [1.54, 1.807) is 24.8 Å². The molecule has 1 aliphatic heterocycles. The van der Waals surface area contributed by atoms with Crippen LogP contribution in [-0.4, -0.2) is 34.1 Å². The van der Waals surface area contributed by atoms with Crippen LogP contribution in [0.5, 0.6) is 0 Å². The number of aromatic nitrogens is 3. The lowest BCUT2D eigenvalue weighted by Crippen LogP contribution is -2.47. The van der Waals surface area contributed by atoms with Gasteiger partial charge in [-0.3, -0.25) is 9.78 Å². The van der Waals surface area contributed by atoms with Gasteiger partial charge in [0.1, 0.15) is 11.4 Å². The number of H-pyrrole nitrogens is 1. The molecule has 1 aliphatic rings. The fourth-order valence-electron chi connectivity index (χ4n) is 2.62. The maximum absolute atomic E-state index is 12.4. The van der Waals surface area contributed by atoms with Crippen LogP contribution >= 0.6 is 0 Å². The van der Waals surface area contributed by atoms with Crippen molar-refractivity contribution in [2.24, 2.45) is 0 Å². The summed E-state index contributed by atoms with van der Waals surface area (Å²) in [5.74, 6) is 0.714. The Morgan fingerprint density at radius 1 is 1.52 bits per heavy atom. The second kappa shape index (κ2) is 5.65. The van der Waals surface area contributed by atoms with E-state index >= 15 is 0 Å². The zero-order valence-electron chi connectivity index (χ0n) is 11.9. The first-order valence-electron chi connectivity index (χ1n) is 6.98. The van der Waals surface area contributed by atoms with Crippen LogP contribution in [0.4, 0.5) is 0 Å². The van der Waals surface area contributed by atoms with Gasteiger partial charge in [-0.25, -0.2) is 4.98 Å².